The normalized spacial score (nSPS) is 19.3. The Morgan fingerprint density at radius 2 is 1.66 bits per heavy atom. The lowest BCUT2D eigenvalue weighted by molar-refractivity contribution is -0.117. The standard InChI is InChI=1S/C31H36N8O4S/c1-31(2,39-14-18-42-19-15-39)29-36-24(28(44-29)38-12-16-41-17-13-38)25(32)43-30(33)37-26-27(40)34-22-11-7-6-10-21(22)23(35-26)20-8-4-3-5-9-20/h3-11,26,32H,12-19H2,1-2H3,(H2,33,37)(H,34,40)/t26-/m1/s1. The average Bonchev–Trinajstić information content (AvgIpc) is 3.46. The van der Waals surface area contributed by atoms with Crippen LogP contribution in [0.4, 0.5) is 10.7 Å². The number of hydrogen-bond acceptors (Lipinski definition) is 11. The number of aliphatic imine (C=N–C) groups is 1. The summed E-state index contributed by atoms with van der Waals surface area (Å²) < 4.78 is 16.8. The zero-order chi connectivity index (χ0) is 30.7. The van der Waals surface area contributed by atoms with Gasteiger partial charge in [-0.05, 0) is 19.9 Å². The van der Waals surface area contributed by atoms with Crippen LogP contribution in [0.5, 0.6) is 0 Å². The molecule has 230 valence electrons. The van der Waals surface area contributed by atoms with E-state index in [1.807, 2.05) is 54.6 Å². The van der Waals surface area contributed by atoms with E-state index in [0.717, 1.165) is 34.2 Å². The van der Waals surface area contributed by atoms with Crippen LogP contribution >= 0.6 is 11.3 Å². The van der Waals surface area contributed by atoms with Crippen molar-refractivity contribution in [3.8, 4) is 0 Å². The summed E-state index contributed by atoms with van der Waals surface area (Å²) >= 11 is 1.53. The first-order valence-electron chi connectivity index (χ1n) is 14.6. The molecule has 13 heteroatoms. The van der Waals surface area contributed by atoms with Crippen molar-refractivity contribution in [1.29, 1.82) is 10.8 Å². The van der Waals surface area contributed by atoms with Gasteiger partial charge in [-0.1, -0.05) is 59.9 Å². The van der Waals surface area contributed by atoms with Crippen LogP contribution in [0.25, 0.3) is 0 Å². The van der Waals surface area contributed by atoms with Crippen LogP contribution in [0.2, 0.25) is 0 Å². The quantitative estimate of drug-likeness (QED) is 0.244. The van der Waals surface area contributed by atoms with Crippen molar-refractivity contribution in [2.75, 3.05) is 62.8 Å². The minimum Gasteiger partial charge on any atom is -0.405 e. The third kappa shape index (κ3) is 6.22. The summed E-state index contributed by atoms with van der Waals surface area (Å²) in [5, 5.41) is 24.8. The molecule has 0 radical (unpaired) electrons. The van der Waals surface area contributed by atoms with E-state index in [1.54, 1.807) is 0 Å². The second kappa shape index (κ2) is 12.8. The summed E-state index contributed by atoms with van der Waals surface area (Å²) in [7, 11) is 0. The number of anilines is 2. The molecule has 0 aliphatic carbocycles. The summed E-state index contributed by atoms with van der Waals surface area (Å²) in [4.78, 5) is 27.4. The molecular formula is C31H36N8O4S. The van der Waals surface area contributed by atoms with Gasteiger partial charge in [-0.3, -0.25) is 20.5 Å². The summed E-state index contributed by atoms with van der Waals surface area (Å²) in [6.45, 7) is 9.63. The zero-order valence-electron chi connectivity index (χ0n) is 24.8. The predicted octanol–water partition coefficient (Wildman–Crippen LogP) is 3.23. The van der Waals surface area contributed by atoms with Crippen LogP contribution in [-0.4, -0.2) is 92.2 Å². The Morgan fingerprint density at radius 1 is 1.00 bits per heavy atom. The van der Waals surface area contributed by atoms with Gasteiger partial charge in [0.2, 0.25) is 12.1 Å². The molecule has 1 aromatic heterocycles. The van der Waals surface area contributed by atoms with Crippen molar-refractivity contribution in [3.05, 3.63) is 76.4 Å². The fourth-order valence-corrected chi connectivity index (χ4v) is 6.69. The van der Waals surface area contributed by atoms with Crippen LogP contribution in [0, 0.1) is 10.8 Å². The van der Waals surface area contributed by atoms with Crippen molar-refractivity contribution >= 4 is 45.6 Å². The van der Waals surface area contributed by atoms with Gasteiger partial charge in [0.25, 0.3) is 11.9 Å². The van der Waals surface area contributed by atoms with E-state index < -0.39 is 23.6 Å². The topological polar surface area (TPSA) is 148 Å². The molecule has 6 rings (SSSR count). The highest BCUT2D eigenvalue weighted by molar-refractivity contribution is 7.16. The van der Waals surface area contributed by atoms with Crippen LogP contribution in [-0.2, 0) is 24.5 Å². The number of benzodiazepines with no additional fused rings is 1. The first kappa shape index (κ1) is 29.9. The van der Waals surface area contributed by atoms with Crippen LogP contribution < -0.4 is 15.5 Å². The molecule has 4 heterocycles. The highest BCUT2D eigenvalue weighted by atomic mass is 32.1. The van der Waals surface area contributed by atoms with E-state index in [0.29, 0.717) is 56.6 Å². The molecule has 2 saturated heterocycles. The fourth-order valence-electron chi connectivity index (χ4n) is 5.44. The van der Waals surface area contributed by atoms with E-state index in [-0.39, 0.29) is 5.90 Å². The number of hydrogen-bond donors (Lipinski definition) is 4. The van der Waals surface area contributed by atoms with Gasteiger partial charge in [-0.15, -0.1) is 0 Å². The van der Waals surface area contributed by atoms with Gasteiger partial charge in [0.1, 0.15) is 10.0 Å². The second-order valence-electron chi connectivity index (χ2n) is 11.1. The molecule has 4 N–H and O–H groups in total. The van der Waals surface area contributed by atoms with Gasteiger partial charge in [0.05, 0.1) is 43.4 Å². The number of para-hydroxylation sites is 1. The Hall–Kier alpha value is -4.17. The summed E-state index contributed by atoms with van der Waals surface area (Å²) in [5.74, 6) is -0.727. The molecule has 0 bridgehead atoms. The molecule has 3 aromatic rings. The number of ether oxygens (including phenoxy) is 3. The van der Waals surface area contributed by atoms with Gasteiger partial charge < -0.3 is 29.7 Å². The van der Waals surface area contributed by atoms with Crippen molar-refractivity contribution in [3.63, 3.8) is 0 Å². The Labute approximate surface area is 260 Å². The highest BCUT2D eigenvalue weighted by Gasteiger charge is 2.36. The largest absolute Gasteiger partial charge is 0.405 e. The zero-order valence-corrected chi connectivity index (χ0v) is 25.6. The molecule has 0 unspecified atom stereocenters. The number of rotatable bonds is 6. The molecule has 3 aliphatic rings. The number of carbonyl (C=O) groups excluding carboxylic acids is 1. The maximum Gasteiger partial charge on any atom is 0.290 e. The van der Waals surface area contributed by atoms with E-state index in [4.69, 9.17) is 35.0 Å². The molecule has 1 atom stereocenters. The van der Waals surface area contributed by atoms with Gasteiger partial charge >= 0.3 is 0 Å². The Bertz CT molecular complexity index is 1560. The smallest absolute Gasteiger partial charge is 0.290 e. The lowest BCUT2D eigenvalue weighted by atomic mass is 10.0. The van der Waals surface area contributed by atoms with Gasteiger partial charge in [0, 0.05) is 37.3 Å². The molecule has 0 spiro atoms. The molecule has 3 aliphatic heterocycles. The number of carbonyl (C=O) groups is 1. The summed E-state index contributed by atoms with van der Waals surface area (Å²) in [6, 6.07) is 16.5. The van der Waals surface area contributed by atoms with E-state index in [9.17, 15) is 4.79 Å². The first-order chi connectivity index (χ1) is 21.3. The SMILES string of the molecule is CC(C)(c1nc(C(=N)OC(=N)N[C@H]2N=C(c3ccccc3)c3ccccc3NC2=O)c(N2CCOCC2)s1)N1CCOCC1. The molecule has 1 amide bonds. The summed E-state index contributed by atoms with van der Waals surface area (Å²) in [6.07, 6.45) is -1.16. The maximum absolute atomic E-state index is 13.2. The molecule has 12 nitrogen and oxygen atoms in total. The van der Waals surface area contributed by atoms with Crippen LogP contribution in [0.1, 0.15) is 35.7 Å². The number of aromatic nitrogens is 1. The highest BCUT2D eigenvalue weighted by Crippen LogP contribution is 2.38. The first-order valence-corrected chi connectivity index (χ1v) is 15.4. The van der Waals surface area contributed by atoms with Crippen LogP contribution in [0.15, 0.2) is 59.6 Å². The van der Waals surface area contributed by atoms with Gasteiger partial charge in [-0.25, -0.2) is 9.98 Å². The lowest BCUT2D eigenvalue weighted by Gasteiger charge is -2.39. The third-order valence-electron chi connectivity index (χ3n) is 7.91. The predicted molar refractivity (Wildman–Crippen MR) is 170 cm³/mol. The Morgan fingerprint density at radius 3 is 2.39 bits per heavy atom. The molecule has 2 aromatic carbocycles. The fraction of sp³-hybridized carbons (Fsp3) is 0.387. The molecule has 0 saturated carbocycles. The van der Waals surface area contributed by atoms with Crippen molar-refractivity contribution in [1.82, 2.24) is 15.2 Å². The number of amides is 1. The average molecular weight is 617 g/mol. The molecule has 2 fully saturated rings. The number of amidine groups is 1. The maximum atomic E-state index is 13.2. The van der Waals surface area contributed by atoms with Crippen molar-refractivity contribution in [2.45, 2.75) is 25.6 Å². The molecular weight excluding hydrogens is 580 g/mol. The minimum atomic E-state index is -1.16. The number of nitrogens with zero attached hydrogens (tertiary/aromatic N) is 4. The Kier molecular flexibility index (Phi) is 8.71. The van der Waals surface area contributed by atoms with E-state index >= 15 is 0 Å². The third-order valence-corrected chi connectivity index (χ3v) is 9.34. The van der Waals surface area contributed by atoms with Crippen LogP contribution in [0.3, 0.4) is 0 Å². The monoisotopic (exact) mass is 616 g/mol. The van der Waals surface area contributed by atoms with Crippen molar-refractivity contribution in [2.24, 2.45) is 4.99 Å². The van der Waals surface area contributed by atoms with Gasteiger partial charge in [0.15, 0.2) is 5.69 Å². The van der Waals surface area contributed by atoms with Crippen molar-refractivity contribution < 1.29 is 19.0 Å². The molecule has 44 heavy (non-hydrogen) atoms. The second-order valence-corrected chi connectivity index (χ2v) is 12.1. The summed E-state index contributed by atoms with van der Waals surface area (Å²) in [5.41, 5.74) is 2.78. The number of fused-ring (bicyclic) bond motifs is 1. The van der Waals surface area contributed by atoms with E-state index in [2.05, 4.69) is 34.3 Å². The lowest BCUT2D eigenvalue weighted by Crippen LogP contribution is -2.48. The van der Waals surface area contributed by atoms with E-state index in [1.165, 1.54) is 11.3 Å². The number of morpholine rings is 2. The minimum absolute atomic E-state index is 0.283. The number of nitrogens with one attached hydrogen (secondary N) is 4. The number of thiazole rings is 1. The number of benzene rings is 2. The van der Waals surface area contributed by atoms with Gasteiger partial charge in [-0.2, -0.15) is 0 Å². The Balaban J connectivity index is 1.25.